The summed E-state index contributed by atoms with van der Waals surface area (Å²) in [7, 11) is 0. The van der Waals surface area contributed by atoms with Gasteiger partial charge < -0.3 is 10.6 Å². The second-order valence-corrected chi connectivity index (χ2v) is 4.73. The van der Waals surface area contributed by atoms with Gasteiger partial charge >= 0.3 is 0 Å². The third kappa shape index (κ3) is 3.67. The molecule has 0 saturated carbocycles. The minimum Gasteiger partial charge on any atom is -0.339 e. The molecule has 0 saturated heterocycles. The number of anilines is 4. The van der Waals surface area contributed by atoms with E-state index in [2.05, 4.69) is 25.8 Å². The fourth-order valence-corrected chi connectivity index (χ4v) is 1.97. The van der Waals surface area contributed by atoms with Crippen molar-refractivity contribution in [3.05, 3.63) is 65.8 Å². The molecule has 0 aliphatic carbocycles. The van der Waals surface area contributed by atoms with Gasteiger partial charge in [-0.05, 0) is 30.3 Å². The molecule has 3 rings (SSSR count). The summed E-state index contributed by atoms with van der Waals surface area (Å²) in [6.45, 7) is 0. The Bertz CT molecular complexity index is 733. The number of nitrogens with zero attached hydrogens (tertiary/aromatic N) is 3. The lowest BCUT2D eigenvalue weighted by atomic mass is 10.3. The molecule has 0 fully saturated rings. The van der Waals surface area contributed by atoms with Crippen molar-refractivity contribution in [1.29, 1.82) is 0 Å². The van der Waals surface area contributed by atoms with Gasteiger partial charge in [0.15, 0.2) is 5.82 Å². The molecule has 1 heterocycles. The fraction of sp³-hybridized carbons (Fsp3) is 0. The summed E-state index contributed by atoms with van der Waals surface area (Å²) in [5.41, 5.74) is 1.74. The van der Waals surface area contributed by atoms with Crippen molar-refractivity contribution in [3.8, 4) is 0 Å². The van der Waals surface area contributed by atoms with Crippen LogP contribution in [-0.4, -0.2) is 15.2 Å². The standard InChI is InChI=1S/C15H12ClN5/c16-11-5-4-8-13(9-11)19-15-20-14(10-17-21-15)18-12-6-2-1-3-7-12/h1-10H,(H2,18,19,20,21). The molecule has 0 amide bonds. The molecule has 0 radical (unpaired) electrons. The molecule has 0 bridgehead atoms. The summed E-state index contributed by atoms with van der Waals surface area (Å²) in [4.78, 5) is 4.35. The number of hydrogen-bond acceptors (Lipinski definition) is 5. The maximum absolute atomic E-state index is 5.94. The third-order valence-corrected chi connectivity index (χ3v) is 2.92. The number of hydrogen-bond donors (Lipinski definition) is 2. The zero-order valence-electron chi connectivity index (χ0n) is 11.0. The van der Waals surface area contributed by atoms with E-state index in [9.17, 15) is 0 Å². The van der Waals surface area contributed by atoms with Crippen LogP contribution >= 0.6 is 11.6 Å². The topological polar surface area (TPSA) is 62.7 Å². The highest BCUT2D eigenvalue weighted by molar-refractivity contribution is 6.30. The van der Waals surface area contributed by atoms with E-state index >= 15 is 0 Å². The van der Waals surface area contributed by atoms with Gasteiger partial charge in [-0.3, -0.25) is 0 Å². The first kappa shape index (κ1) is 13.3. The fourth-order valence-electron chi connectivity index (χ4n) is 1.78. The molecule has 104 valence electrons. The van der Waals surface area contributed by atoms with Gasteiger partial charge in [0.2, 0.25) is 5.95 Å². The van der Waals surface area contributed by atoms with Gasteiger partial charge in [0.05, 0.1) is 6.20 Å². The van der Waals surface area contributed by atoms with Crippen LogP contribution in [-0.2, 0) is 0 Å². The first-order valence-electron chi connectivity index (χ1n) is 6.34. The van der Waals surface area contributed by atoms with E-state index in [1.54, 1.807) is 18.3 Å². The zero-order valence-corrected chi connectivity index (χ0v) is 11.7. The van der Waals surface area contributed by atoms with Crippen LogP contribution in [0.3, 0.4) is 0 Å². The molecule has 2 N–H and O–H groups in total. The molecule has 21 heavy (non-hydrogen) atoms. The minimum atomic E-state index is 0.401. The predicted octanol–water partition coefficient (Wildman–Crippen LogP) is 4.01. The molecule has 0 aliphatic rings. The average Bonchev–Trinajstić information content (AvgIpc) is 2.49. The highest BCUT2D eigenvalue weighted by Gasteiger charge is 2.02. The number of para-hydroxylation sites is 1. The van der Waals surface area contributed by atoms with E-state index in [0.717, 1.165) is 11.4 Å². The van der Waals surface area contributed by atoms with Gasteiger partial charge in [0.25, 0.3) is 0 Å². The minimum absolute atomic E-state index is 0.401. The molecule has 2 aromatic carbocycles. The number of nitrogens with one attached hydrogen (secondary N) is 2. The number of rotatable bonds is 4. The maximum Gasteiger partial charge on any atom is 0.249 e. The van der Waals surface area contributed by atoms with Crippen LogP contribution in [0.5, 0.6) is 0 Å². The summed E-state index contributed by atoms with van der Waals surface area (Å²) >= 11 is 5.94. The lowest BCUT2D eigenvalue weighted by Crippen LogP contribution is -2.02. The van der Waals surface area contributed by atoms with Crippen LogP contribution < -0.4 is 10.6 Å². The molecule has 0 atom stereocenters. The molecule has 1 aromatic heterocycles. The van der Waals surface area contributed by atoms with Crippen molar-refractivity contribution in [2.24, 2.45) is 0 Å². The number of benzene rings is 2. The first-order chi connectivity index (χ1) is 10.3. The van der Waals surface area contributed by atoms with Crippen molar-refractivity contribution in [3.63, 3.8) is 0 Å². The van der Waals surface area contributed by atoms with Crippen molar-refractivity contribution in [2.75, 3.05) is 10.6 Å². The van der Waals surface area contributed by atoms with Gasteiger partial charge in [-0.1, -0.05) is 35.9 Å². The Hall–Kier alpha value is -2.66. The third-order valence-electron chi connectivity index (χ3n) is 2.69. The van der Waals surface area contributed by atoms with Crippen LogP contribution in [0.1, 0.15) is 0 Å². The monoisotopic (exact) mass is 297 g/mol. The largest absolute Gasteiger partial charge is 0.339 e. The van der Waals surface area contributed by atoms with E-state index in [0.29, 0.717) is 16.8 Å². The van der Waals surface area contributed by atoms with Crippen LogP contribution in [0, 0.1) is 0 Å². The second-order valence-electron chi connectivity index (χ2n) is 4.29. The smallest absolute Gasteiger partial charge is 0.249 e. The molecular formula is C15H12ClN5. The Kier molecular flexibility index (Phi) is 3.93. The highest BCUT2D eigenvalue weighted by Crippen LogP contribution is 2.19. The van der Waals surface area contributed by atoms with E-state index in [-0.39, 0.29) is 0 Å². The maximum atomic E-state index is 5.94. The van der Waals surface area contributed by atoms with Crippen molar-refractivity contribution in [2.45, 2.75) is 0 Å². The Morgan fingerprint density at radius 2 is 1.67 bits per heavy atom. The van der Waals surface area contributed by atoms with E-state index < -0.39 is 0 Å². The van der Waals surface area contributed by atoms with Gasteiger partial charge in [-0.2, -0.15) is 10.1 Å². The van der Waals surface area contributed by atoms with Crippen LogP contribution in [0.15, 0.2) is 60.8 Å². The molecule has 0 spiro atoms. The van der Waals surface area contributed by atoms with Crippen molar-refractivity contribution < 1.29 is 0 Å². The Labute approximate surface area is 127 Å². The average molecular weight is 298 g/mol. The van der Waals surface area contributed by atoms with Gasteiger partial charge in [0.1, 0.15) is 0 Å². The Morgan fingerprint density at radius 1 is 0.857 bits per heavy atom. The van der Waals surface area contributed by atoms with Gasteiger partial charge in [-0.15, -0.1) is 5.10 Å². The Morgan fingerprint density at radius 3 is 2.48 bits per heavy atom. The lowest BCUT2D eigenvalue weighted by molar-refractivity contribution is 0.982. The lowest BCUT2D eigenvalue weighted by Gasteiger charge is -2.07. The molecular weight excluding hydrogens is 286 g/mol. The molecule has 6 heteroatoms. The normalized spacial score (nSPS) is 10.1. The quantitative estimate of drug-likeness (QED) is 0.762. The second kappa shape index (κ2) is 6.19. The number of aromatic nitrogens is 3. The summed E-state index contributed by atoms with van der Waals surface area (Å²) in [5.74, 6) is 1.01. The van der Waals surface area contributed by atoms with E-state index in [1.165, 1.54) is 0 Å². The summed E-state index contributed by atoms with van der Waals surface area (Å²) < 4.78 is 0. The molecule has 0 aliphatic heterocycles. The van der Waals surface area contributed by atoms with Crippen LogP contribution in [0.4, 0.5) is 23.1 Å². The molecule has 5 nitrogen and oxygen atoms in total. The summed E-state index contributed by atoms with van der Waals surface area (Å²) in [5, 5.41) is 14.7. The van der Waals surface area contributed by atoms with Crippen LogP contribution in [0.25, 0.3) is 0 Å². The van der Waals surface area contributed by atoms with E-state index in [1.807, 2.05) is 42.5 Å². The zero-order chi connectivity index (χ0) is 14.5. The SMILES string of the molecule is Clc1cccc(Nc2nncc(Nc3ccccc3)n2)c1. The van der Waals surface area contributed by atoms with Crippen LogP contribution in [0.2, 0.25) is 5.02 Å². The molecule has 0 unspecified atom stereocenters. The Balaban J connectivity index is 1.77. The van der Waals surface area contributed by atoms with E-state index in [4.69, 9.17) is 11.6 Å². The van der Waals surface area contributed by atoms with Crippen molar-refractivity contribution >= 4 is 34.7 Å². The molecule has 3 aromatic rings. The predicted molar refractivity (Wildman–Crippen MR) is 84.3 cm³/mol. The summed E-state index contributed by atoms with van der Waals surface area (Å²) in [6, 6.07) is 17.1. The number of halogens is 1. The summed E-state index contributed by atoms with van der Waals surface area (Å²) in [6.07, 6.45) is 1.57. The van der Waals surface area contributed by atoms with Crippen molar-refractivity contribution in [1.82, 2.24) is 15.2 Å². The first-order valence-corrected chi connectivity index (χ1v) is 6.72. The highest BCUT2D eigenvalue weighted by atomic mass is 35.5. The van der Waals surface area contributed by atoms with Gasteiger partial charge in [-0.25, -0.2) is 0 Å². The van der Waals surface area contributed by atoms with Gasteiger partial charge in [0, 0.05) is 16.4 Å².